The van der Waals surface area contributed by atoms with E-state index in [0.717, 1.165) is 11.3 Å². The molecule has 0 aliphatic rings. The molecule has 0 aliphatic heterocycles. The third kappa shape index (κ3) is 3.99. The number of ketones is 1. The third-order valence-corrected chi connectivity index (χ3v) is 3.42. The van der Waals surface area contributed by atoms with Crippen LogP contribution in [0.2, 0.25) is 0 Å². The smallest absolute Gasteiger partial charge is 0.236 e. The van der Waals surface area contributed by atoms with E-state index in [1.807, 2.05) is 12.1 Å². The van der Waals surface area contributed by atoms with Crippen LogP contribution in [0.4, 0.5) is 0 Å². The Kier molecular flexibility index (Phi) is 4.68. The summed E-state index contributed by atoms with van der Waals surface area (Å²) in [7, 11) is 1.60. The van der Waals surface area contributed by atoms with E-state index in [9.17, 15) is 4.79 Å². The second kappa shape index (κ2) is 6.49. The number of hydrogen-bond acceptors (Lipinski definition) is 2. The van der Waals surface area contributed by atoms with Gasteiger partial charge in [0, 0.05) is 11.1 Å². The normalized spacial score (nSPS) is 10.5. The van der Waals surface area contributed by atoms with Gasteiger partial charge in [0.15, 0.2) is 0 Å². The molecule has 0 saturated carbocycles. The van der Waals surface area contributed by atoms with Crippen LogP contribution in [0.5, 0.6) is 5.75 Å². The van der Waals surface area contributed by atoms with E-state index in [1.54, 1.807) is 31.4 Å². The molecular formula is C20H20O2. The van der Waals surface area contributed by atoms with Crippen LogP contribution in [0.3, 0.4) is 0 Å². The standard InChI is InChI=1S/C20H20O2/c1-20(2,3)17-10-5-15(6-11-17)7-14-19(21)16-8-12-18(22-4)13-9-16/h5-6,8-13H,1-4H3. The zero-order valence-corrected chi connectivity index (χ0v) is 13.4. The van der Waals surface area contributed by atoms with Crippen molar-refractivity contribution in [3.63, 3.8) is 0 Å². The van der Waals surface area contributed by atoms with E-state index >= 15 is 0 Å². The monoisotopic (exact) mass is 292 g/mol. The van der Waals surface area contributed by atoms with Crippen molar-refractivity contribution in [2.45, 2.75) is 26.2 Å². The fraction of sp³-hybridized carbons (Fsp3) is 0.250. The van der Waals surface area contributed by atoms with Crippen molar-refractivity contribution >= 4 is 5.78 Å². The maximum Gasteiger partial charge on any atom is 0.236 e. The third-order valence-electron chi connectivity index (χ3n) is 3.42. The van der Waals surface area contributed by atoms with Gasteiger partial charge in [0.25, 0.3) is 0 Å². The maximum absolute atomic E-state index is 12.0. The van der Waals surface area contributed by atoms with Crippen LogP contribution >= 0.6 is 0 Å². The predicted molar refractivity (Wildman–Crippen MR) is 89.3 cm³/mol. The lowest BCUT2D eigenvalue weighted by Crippen LogP contribution is -2.10. The number of benzene rings is 2. The molecule has 0 amide bonds. The Hall–Kier alpha value is -2.53. The van der Waals surface area contributed by atoms with Crippen LogP contribution in [-0.2, 0) is 5.41 Å². The lowest BCUT2D eigenvalue weighted by Gasteiger charge is -2.18. The van der Waals surface area contributed by atoms with E-state index in [1.165, 1.54) is 5.56 Å². The van der Waals surface area contributed by atoms with Crippen molar-refractivity contribution in [2.75, 3.05) is 7.11 Å². The number of rotatable bonds is 2. The summed E-state index contributed by atoms with van der Waals surface area (Å²) in [6.45, 7) is 6.50. The summed E-state index contributed by atoms with van der Waals surface area (Å²) in [5.41, 5.74) is 2.78. The van der Waals surface area contributed by atoms with Gasteiger partial charge in [-0.05, 0) is 53.3 Å². The molecule has 0 aromatic heterocycles. The molecule has 2 rings (SSSR count). The molecule has 0 fully saturated rings. The van der Waals surface area contributed by atoms with Gasteiger partial charge < -0.3 is 4.74 Å². The van der Waals surface area contributed by atoms with Crippen LogP contribution in [0.15, 0.2) is 48.5 Å². The SMILES string of the molecule is COc1ccc(C(=O)C#Cc2ccc(C(C)(C)C)cc2)cc1. The lowest BCUT2D eigenvalue weighted by atomic mass is 9.87. The summed E-state index contributed by atoms with van der Waals surface area (Å²) in [6, 6.07) is 15.0. The van der Waals surface area contributed by atoms with Gasteiger partial charge in [-0.2, -0.15) is 0 Å². The molecule has 0 spiro atoms. The van der Waals surface area contributed by atoms with Crippen molar-refractivity contribution < 1.29 is 9.53 Å². The van der Waals surface area contributed by atoms with Gasteiger partial charge in [-0.15, -0.1) is 0 Å². The summed E-state index contributed by atoms with van der Waals surface area (Å²) >= 11 is 0. The van der Waals surface area contributed by atoms with E-state index in [-0.39, 0.29) is 11.2 Å². The van der Waals surface area contributed by atoms with Gasteiger partial charge in [-0.25, -0.2) is 0 Å². The molecule has 2 aromatic rings. The minimum Gasteiger partial charge on any atom is -0.497 e. The molecule has 0 N–H and O–H groups in total. The Labute approximate surface area is 132 Å². The van der Waals surface area contributed by atoms with E-state index in [0.29, 0.717) is 5.56 Å². The van der Waals surface area contributed by atoms with E-state index in [2.05, 4.69) is 44.7 Å². The predicted octanol–water partition coefficient (Wildman–Crippen LogP) is 4.23. The summed E-state index contributed by atoms with van der Waals surface area (Å²) in [5.74, 6) is 6.13. The average molecular weight is 292 g/mol. The van der Waals surface area contributed by atoms with Crippen molar-refractivity contribution in [3.05, 3.63) is 65.2 Å². The van der Waals surface area contributed by atoms with Crippen LogP contribution in [0, 0.1) is 11.8 Å². The number of methoxy groups -OCH3 is 1. The minimum absolute atomic E-state index is 0.116. The summed E-state index contributed by atoms with van der Waals surface area (Å²) in [4.78, 5) is 12.0. The molecular weight excluding hydrogens is 272 g/mol. The topological polar surface area (TPSA) is 26.3 Å². The Morgan fingerprint density at radius 3 is 2.05 bits per heavy atom. The highest BCUT2D eigenvalue weighted by Crippen LogP contribution is 2.21. The first kappa shape index (κ1) is 15.9. The average Bonchev–Trinajstić information content (AvgIpc) is 2.52. The molecule has 0 saturated heterocycles. The van der Waals surface area contributed by atoms with Gasteiger partial charge in [0.2, 0.25) is 5.78 Å². The summed E-state index contributed by atoms with van der Waals surface area (Å²) in [6.07, 6.45) is 0. The van der Waals surface area contributed by atoms with Gasteiger partial charge in [-0.3, -0.25) is 4.79 Å². The zero-order chi connectivity index (χ0) is 16.2. The van der Waals surface area contributed by atoms with Gasteiger partial charge >= 0.3 is 0 Å². The molecule has 112 valence electrons. The van der Waals surface area contributed by atoms with Crippen LogP contribution in [0.25, 0.3) is 0 Å². The fourth-order valence-corrected chi connectivity index (χ4v) is 2.00. The van der Waals surface area contributed by atoms with Crippen molar-refractivity contribution in [1.29, 1.82) is 0 Å². The van der Waals surface area contributed by atoms with E-state index in [4.69, 9.17) is 4.74 Å². The Morgan fingerprint density at radius 2 is 1.55 bits per heavy atom. The Morgan fingerprint density at radius 1 is 0.955 bits per heavy atom. The largest absolute Gasteiger partial charge is 0.497 e. The first-order chi connectivity index (χ1) is 10.4. The molecule has 0 heterocycles. The summed E-state index contributed by atoms with van der Waals surface area (Å²) in [5, 5.41) is 0. The van der Waals surface area contributed by atoms with Gasteiger partial charge in [0.05, 0.1) is 7.11 Å². The molecule has 2 nitrogen and oxygen atoms in total. The minimum atomic E-state index is -0.192. The quantitative estimate of drug-likeness (QED) is 0.611. The second-order valence-corrected chi connectivity index (χ2v) is 6.13. The maximum atomic E-state index is 12.0. The Balaban J connectivity index is 2.13. The highest BCUT2D eigenvalue weighted by molar-refractivity contribution is 6.09. The first-order valence-electron chi connectivity index (χ1n) is 7.21. The summed E-state index contributed by atoms with van der Waals surface area (Å²) < 4.78 is 5.07. The van der Waals surface area contributed by atoms with Crippen LogP contribution < -0.4 is 4.74 Å². The molecule has 2 aromatic carbocycles. The number of ether oxygens (including phenoxy) is 1. The van der Waals surface area contributed by atoms with Crippen molar-refractivity contribution in [3.8, 4) is 17.6 Å². The Bertz CT molecular complexity index is 706. The highest BCUT2D eigenvalue weighted by Gasteiger charge is 2.12. The number of hydrogen-bond donors (Lipinski definition) is 0. The van der Waals surface area contributed by atoms with Gasteiger partial charge in [-0.1, -0.05) is 38.8 Å². The molecule has 0 unspecified atom stereocenters. The molecule has 2 heteroatoms. The lowest BCUT2D eigenvalue weighted by molar-refractivity contribution is 0.105. The van der Waals surface area contributed by atoms with Crippen LogP contribution in [-0.4, -0.2) is 12.9 Å². The number of Topliss-reactive ketones (excluding diaryl/α,β-unsaturated/α-hetero) is 1. The first-order valence-corrected chi connectivity index (χ1v) is 7.21. The molecule has 0 radical (unpaired) electrons. The number of carbonyl (C=O) groups excluding carboxylic acids is 1. The van der Waals surface area contributed by atoms with Gasteiger partial charge in [0.1, 0.15) is 5.75 Å². The molecule has 0 bridgehead atoms. The fourth-order valence-electron chi connectivity index (χ4n) is 2.00. The molecule has 0 aliphatic carbocycles. The number of carbonyl (C=O) groups is 1. The molecule has 22 heavy (non-hydrogen) atoms. The second-order valence-electron chi connectivity index (χ2n) is 6.13. The molecule has 0 atom stereocenters. The van der Waals surface area contributed by atoms with Crippen molar-refractivity contribution in [1.82, 2.24) is 0 Å². The van der Waals surface area contributed by atoms with E-state index < -0.39 is 0 Å². The van der Waals surface area contributed by atoms with Crippen molar-refractivity contribution in [2.24, 2.45) is 0 Å². The van der Waals surface area contributed by atoms with Crippen LogP contribution in [0.1, 0.15) is 42.3 Å². The zero-order valence-electron chi connectivity index (χ0n) is 13.4. The highest BCUT2D eigenvalue weighted by atomic mass is 16.5.